The normalized spacial score (nSPS) is 14.3. The quantitative estimate of drug-likeness (QED) is 0.939. The molecule has 1 aliphatic heterocycles. The van der Waals surface area contributed by atoms with Crippen molar-refractivity contribution in [2.75, 3.05) is 18.0 Å². The van der Waals surface area contributed by atoms with Crippen molar-refractivity contribution in [2.24, 2.45) is 0 Å². The van der Waals surface area contributed by atoms with Gasteiger partial charge < -0.3 is 10.0 Å². The molecule has 1 saturated heterocycles. The number of hydrogen-bond donors (Lipinski definition) is 1. The molecule has 3 rings (SSSR count). The Morgan fingerprint density at radius 2 is 1.86 bits per heavy atom. The number of carboxylic acids is 1. The van der Waals surface area contributed by atoms with Crippen LogP contribution in [0, 0.1) is 0 Å². The Balaban J connectivity index is 2.01. The molecule has 5 nitrogen and oxygen atoms in total. The monoisotopic (exact) mass is 317 g/mol. The van der Waals surface area contributed by atoms with E-state index in [1.54, 1.807) is 18.2 Å². The minimum absolute atomic E-state index is 0.107. The topological polar surface area (TPSA) is 66.3 Å². The highest BCUT2D eigenvalue weighted by Gasteiger charge is 2.17. The molecular formula is C16H16ClN3O2. The number of carboxylic acid groups (broad SMARTS) is 1. The fourth-order valence-electron chi connectivity index (χ4n) is 2.56. The molecule has 1 fully saturated rings. The summed E-state index contributed by atoms with van der Waals surface area (Å²) in [6.07, 6.45) is 2.16. The highest BCUT2D eigenvalue weighted by molar-refractivity contribution is 6.30. The smallest absolute Gasteiger partial charge is 0.309 e. The average molecular weight is 318 g/mol. The lowest BCUT2D eigenvalue weighted by Gasteiger charge is -2.18. The number of halogens is 1. The maximum atomic E-state index is 11.0. The van der Waals surface area contributed by atoms with Gasteiger partial charge in [0.25, 0.3) is 0 Å². The standard InChI is InChI=1S/C16H16ClN3O2/c17-12-5-3-11(4-6-12)16-18-13(10-15(21)22)9-14(19-16)20-7-1-2-8-20/h3-6,9H,1-2,7-8,10H2,(H,21,22). The molecule has 1 N–H and O–H groups in total. The summed E-state index contributed by atoms with van der Waals surface area (Å²) in [5.74, 6) is 0.444. The number of carbonyl (C=O) groups is 1. The van der Waals surface area contributed by atoms with Gasteiger partial charge in [0.2, 0.25) is 0 Å². The Bertz CT molecular complexity index is 682. The largest absolute Gasteiger partial charge is 0.481 e. The first-order valence-corrected chi connectivity index (χ1v) is 7.60. The van der Waals surface area contributed by atoms with Crippen LogP contribution in [0.5, 0.6) is 0 Å². The SMILES string of the molecule is O=C(O)Cc1cc(N2CCCC2)nc(-c2ccc(Cl)cc2)n1. The molecule has 2 aromatic rings. The number of benzene rings is 1. The summed E-state index contributed by atoms with van der Waals surface area (Å²) in [6, 6.07) is 9.02. The Hall–Kier alpha value is -2.14. The Morgan fingerprint density at radius 3 is 2.50 bits per heavy atom. The van der Waals surface area contributed by atoms with Gasteiger partial charge in [0.1, 0.15) is 5.82 Å². The van der Waals surface area contributed by atoms with Gasteiger partial charge in [-0.15, -0.1) is 0 Å². The van der Waals surface area contributed by atoms with E-state index in [1.807, 2.05) is 12.1 Å². The molecule has 6 heteroatoms. The van der Waals surface area contributed by atoms with E-state index in [0.717, 1.165) is 37.3 Å². The van der Waals surface area contributed by atoms with Crippen LogP contribution in [0.15, 0.2) is 30.3 Å². The molecule has 0 atom stereocenters. The number of nitrogens with zero attached hydrogens (tertiary/aromatic N) is 3. The third-order valence-corrected chi connectivity index (χ3v) is 3.88. The van der Waals surface area contributed by atoms with Crippen LogP contribution in [0.2, 0.25) is 5.02 Å². The van der Waals surface area contributed by atoms with Gasteiger partial charge >= 0.3 is 5.97 Å². The first-order chi connectivity index (χ1) is 10.6. The molecule has 114 valence electrons. The van der Waals surface area contributed by atoms with Crippen LogP contribution in [-0.4, -0.2) is 34.1 Å². The van der Waals surface area contributed by atoms with Crippen molar-refractivity contribution in [1.82, 2.24) is 9.97 Å². The molecule has 0 saturated carbocycles. The second-order valence-electron chi connectivity index (χ2n) is 5.31. The summed E-state index contributed by atoms with van der Waals surface area (Å²) in [7, 11) is 0. The molecule has 0 radical (unpaired) electrons. The van der Waals surface area contributed by atoms with Gasteiger partial charge in [0.15, 0.2) is 5.82 Å². The van der Waals surface area contributed by atoms with Crippen LogP contribution >= 0.6 is 11.6 Å². The first kappa shape index (κ1) is 14.8. The lowest BCUT2D eigenvalue weighted by Crippen LogP contribution is -2.20. The van der Waals surface area contributed by atoms with Crippen molar-refractivity contribution >= 4 is 23.4 Å². The third-order valence-electron chi connectivity index (χ3n) is 3.63. The third kappa shape index (κ3) is 3.36. The summed E-state index contributed by atoms with van der Waals surface area (Å²) in [6.45, 7) is 1.90. The average Bonchev–Trinajstić information content (AvgIpc) is 3.01. The highest BCUT2D eigenvalue weighted by Crippen LogP contribution is 2.24. The minimum atomic E-state index is -0.895. The Kier molecular flexibility index (Phi) is 4.24. The lowest BCUT2D eigenvalue weighted by atomic mass is 10.2. The van der Waals surface area contributed by atoms with Crippen molar-refractivity contribution in [3.63, 3.8) is 0 Å². The predicted molar refractivity (Wildman–Crippen MR) is 85.3 cm³/mol. The van der Waals surface area contributed by atoms with Crippen LogP contribution in [-0.2, 0) is 11.2 Å². The van der Waals surface area contributed by atoms with E-state index < -0.39 is 5.97 Å². The highest BCUT2D eigenvalue weighted by atomic mass is 35.5. The fraction of sp³-hybridized carbons (Fsp3) is 0.312. The van der Waals surface area contributed by atoms with Crippen LogP contribution in [0.4, 0.5) is 5.82 Å². The van der Waals surface area contributed by atoms with E-state index in [9.17, 15) is 4.79 Å². The maximum Gasteiger partial charge on any atom is 0.309 e. The van der Waals surface area contributed by atoms with E-state index in [2.05, 4.69) is 14.9 Å². The van der Waals surface area contributed by atoms with Crippen LogP contribution in [0.25, 0.3) is 11.4 Å². The van der Waals surface area contributed by atoms with Crippen molar-refractivity contribution in [1.29, 1.82) is 0 Å². The second kappa shape index (κ2) is 6.32. The van der Waals surface area contributed by atoms with Crippen LogP contribution in [0.3, 0.4) is 0 Å². The molecule has 2 heterocycles. The summed E-state index contributed by atoms with van der Waals surface area (Å²) in [5.41, 5.74) is 1.35. The number of hydrogen-bond acceptors (Lipinski definition) is 4. The zero-order chi connectivity index (χ0) is 15.5. The molecule has 0 bridgehead atoms. The molecular weight excluding hydrogens is 302 g/mol. The molecule has 0 spiro atoms. The number of aromatic nitrogens is 2. The van der Waals surface area contributed by atoms with Gasteiger partial charge in [0, 0.05) is 29.7 Å². The Morgan fingerprint density at radius 1 is 1.18 bits per heavy atom. The second-order valence-corrected chi connectivity index (χ2v) is 5.75. The summed E-state index contributed by atoms with van der Waals surface area (Å²) in [5, 5.41) is 9.67. The van der Waals surface area contributed by atoms with Gasteiger partial charge in [-0.25, -0.2) is 9.97 Å². The zero-order valence-electron chi connectivity index (χ0n) is 12.0. The zero-order valence-corrected chi connectivity index (χ0v) is 12.8. The van der Waals surface area contributed by atoms with Gasteiger partial charge in [0.05, 0.1) is 12.1 Å². The van der Waals surface area contributed by atoms with Gasteiger partial charge in [-0.05, 0) is 37.1 Å². The Labute approximate surface area is 133 Å². The molecule has 1 aliphatic rings. The number of aliphatic carboxylic acids is 1. The minimum Gasteiger partial charge on any atom is -0.481 e. The lowest BCUT2D eigenvalue weighted by molar-refractivity contribution is -0.136. The van der Waals surface area contributed by atoms with E-state index in [1.165, 1.54) is 0 Å². The predicted octanol–water partition coefficient (Wildman–Crippen LogP) is 3.02. The van der Waals surface area contributed by atoms with E-state index in [4.69, 9.17) is 16.7 Å². The van der Waals surface area contributed by atoms with E-state index >= 15 is 0 Å². The van der Waals surface area contributed by atoms with E-state index in [0.29, 0.717) is 16.5 Å². The molecule has 22 heavy (non-hydrogen) atoms. The van der Waals surface area contributed by atoms with Crippen molar-refractivity contribution in [3.8, 4) is 11.4 Å². The molecule has 0 amide bonds. The summed E-state index contributed by atoms with van der Waals surface area (Å²) < 4.78 is 0. The summed E-state index contributed by atoms with van der Waals surface area (Å²) in [4.78, 5) is 22.2. The summed E-state index contributed by atoms with van der Waals surface area (Å²) >= 11 is 5.91. The van der Waals surface area contributed by atoms with Crippen molar-refractivity contribution < 1.29 is 9.90 Å². The first-order valence-electron chi connectivity index (χ1n) is 7.22. The molecule has 0 aliphatic carbocycles. The molecule has 1 aromatic carbocycles. The van der Waals surface area contributed by atoms with Gasteiger partial charge in [-0.1, -0.05) is 11.6 Å². The number of rotatable bonds is 4. The van der Waals surface area contributed by atoms with Crippen LogP contribution in [0.1, 0.15) is 18.5 Å². The van der Waals surface area contributed by atoms with Crippen LogP contribution < -0.4 is 4.90 Å². The number of anilines is 1. The van der Waals surface area contributed by atoms with E-state index in [-0.39, 0.29) is 6.42 Å². The van der Waals surface area contributed by atoms with Gasteiger partial charge in [-0.2, -0.15) is 0 Å². The maximum absolute atomic E-state index is 11.0. The fourth-order valence-corrected chi connectivity index (χ4v) is 2.69. The van der Waals surface area contributed by atoms with Crippen molar-refractivity contribution in [3.05, 3.63) is 41.0 Å². The van der Waals surface area contributed by atoms with Crippen molar-refractivity contribution in [2.45, 2.75) is 19.3 Å². The molecule has 1 aromatic heterocycles. The van der Waals surface area contributed by atoms with Gasteiger partial charge in [-0.3, -0.25) is 4.79 Å². The molecule has 0 unspecified atom stereocenters.